The number of pyridine rings is 1. The van der Waals surface area contributed by atoms with Crippen LogP contribution >= 0.6 is 0 Å². The Labute approximate surface area is 173 Å². The Morgan fingerprint density at radius 3 is 2.70 bits per heavy atom. The number of ether oxygens (including phenoxy) is 1. The second-order valence-electron chi connectivity index (χ2n) is 7.94. The number of fused-ring (bicyclic) bond motifs is 2. The van der Waals surface area contributed by atoms with Crippen molar-refractivity contribution >= 4 is 5.82 Å². The van der Waals surface area contributed by atoms with Crippen LogP contribution in [0.1, 0.15) is 24.3 Å². The first-order valence-corrected chi connectivity index (χ1v) is 9.99. The van der Waals surface area contributed by atoms with Crippen LogP contribution in [0.25, 0.3) is 22.5 Å². The first-order chi connectivity index (χ1) is 14.6. The molecule has 5 rings (SSSR count). The van der Waals surface area contributed by atoms with Gasteiger partial charge in [-0.25, -0.2) is 9.37 Å². The van der Waals surface area contributed by atoms with E-state index in [2.05, 4.69) is 20.5 Å². The van der Waals surface area contributed by atoms with E-state index in [1.807, 2.05) is 12.1 Å². The number of para-hydroxylation sites is 1. The average molecular weight is 407 g/mol. The van der Waals surface area contributed by atoms with Gasteiger partial charge in [0.2, 0.25) is 0 Å². The maximum Gasteiger partial charge on any atom is 0.165 e. The summed E-state index contributed by atoms with van der Waals surface area (Å²) in [4.78, 5) is 4.48. The molecule has 4 N–H and O–H groups in total. The fourth-order valence-electron chi connectivity index (χ4n) is 4.43. The highest BCUT2D eigenvalue weighted by Gasteiger charge is 2.32. The van der Waals surface area contributed by atoms with E-state index < -0.39 is 11.6 Å². The monoisotopic (exact) mass is 407 g/mol. The maximum absolute atomic E-state index is 13.8. The van der Waals surface area contributed by atoms with Gasteiger partial charge in [0.05, 0.1) is 30.8 Å². The predicted molar refractivity (Wildman–Crippen MR) is 110 cm³/mol. The molecule has 7 nitrogen and oxygen atoms in total. The van der Waals surface area contributed by atoms with Crippen LogP contribution in [0.5, 0.6) is 5.75 Å². The summed E-state index contributed by atoms with van der Waals surface area (Å²) < 4.78 is 19.4. The number of aromatic hydroxyl groups is 1. The van der Waals surface area contributed by atoms with E-state index in [0.717, 1.165) is 31.6 Å². The first-order valence-electron chi connectivity index (χ1n) is 9.99. The summed E-state index contributed by atoms with van der Waals surface area (Å²) in [6, 6.07) is 10.7. The van der Waals surface area contributed by atoms with Crippen LogP contribution in [0.4, 0.5) is 10.2 Å². The standard InChI is InChI=1S/C22H22FN5O2/c23-18-3-1-2-17(22(18)29)20-7-14(9-25-28-20)19-6-13(8-21(24)27-19)12-4-15-10-30-11-16(5-12)26-15/h1-3,6-9,12,15-16,26,29H,4-5,10-11H2,(H2,24,27). The zero-order chi connectivity index (χ0) is 20.7. The Morgan fingerprint density at radius 1 is 1.10 bits per heavy atom. The van der Waals surface area contributed by atoms with Gasteiger partial charge in [0.25, 0.3) is 0 Å². The molecule has 3 aromatic rings. The van der Waals surface area contributed by atoms with Gasteiger partial charge < -0.3 is 20.9 Å². The second kappa shape index (κ2) is 7.62. The Hall–Kier alpha value is -3.10. The Balaban J connectivity index is 1.50. The number of nitrogen functional groups attached to an aromatic ring is 1. The topological polar surface area (TPSA) is 106 Å². The minimum absolute atomic E-state index is 0.277. The van der Waals surface area contributed by atoms with Gasteiger partial charge in [-0.2, -0.15) is 10.2 Å². The number of benzene rings is 1. The summed E-state index contributed by atoms with van der Waals surface area (Å²) in [6.45, 7) is 1.46. The van der Waals surface area contributed by atoms with Crippen molar-refractivity contribution in [2.45, 2.75) is 30.8 Å². The molecule has 30 heavy (non-hydrogen) atoms. The van der Waals surface area contributed by atoms with Crippen LogP contribution < -0.4 is 11.1 Å². The van der Waals surface area contributed by atoms with Crippen LogP contribution in [0.3, 0.4) is 0 Å². The van der Waals surface area contributed by atoms with Crippen molar-refractivity contribution in [1.82, 2.24) is 20.5 Å². The molecule has 2 aliphatic heterocycles. The van der Waals surface area contributed by atoms with E-state index in [0.29, 0.717) is 40.8 Å². The van der Waals surface area contributed by atoms with Crippen molar-refractivity contribution in [3.63, 3.8) is 0 Å². The maximum atomic E-state index is 13.8. The van der Waals surface area contributed by atoms with Gasteiger partial charge in [0.1, 0.15) is 5.82 Å². The normalized spacial score (nSPS) is 23.3. The molecule has 154 valence electrons. The lowest BCUT2D eigenvalue weighted by molar-refractivity contribution is 0.0180. The molecule has 2 atom stereocenters. The highest BCUT2D eigenvalue weighted by molar-refractivity contribution is 5.72. The number of morpholine rings is 1. The molecular weight excluding hydrogens is 385 g/mol. The summed E-state index contributed by atoms with van der Waals surface area (Å²) >= 11 is 0. The van der Waals surface area contributed by atoms with Crippen molar-refractivity contribution < 1.29 is 14.2 Å². The van der Waals surface area contributed by atoms with E-state index in [4.69, 9.17) is 10.5 Å². The number of hydrogen-bond acceptors (Lipinski definition) is 7. The van der Waals surface area contributed by atoms with Crippen molar-refractivity contribution in [3.05, 3.63) is 54.0 Å². The zero-order valence-corrected chi connectivity index (χ0v) is 16.3. The molecule has 2 fully saturated rings. The number of rotatable bonds is 3. The van der Waals surface area contributed by atoms with Gasteiger partial charge in [0.15, 0.2) is 11.6 Å². The quantitative estimate of drug-likeness (QED) is 0.613. The molecule has 0 saturated carbocycles. The van der Waals surface area contributed by atoms with Gasteiger partial charge >= 0.3 is 0 Å². The number of nitrogens with one attached hydrogen (secondary N) is 1. The van der Waals surface area contributed by atoms with Crippen molar-refractivity contribution in [2.24, 2.45) is 0 Å². The molecule has 2 saturated heterocycles. The lowest BCUT2D eigenvalue weighted by atomic mass is 9.82. The Morgan fingerprint density at radius 2 is 1.90 bits per heavy atom. The number of phenolic OH excluding ortho intramolecular Hbond substituents is 1. The van der Waals surface area contributed by atoms with E-state index in [-0.39, 0.29) is 5.56 Å². The number of phenols is 1. The summed E-state index contributed by atoms with van der Waals surface area (Å²) in [5.74, 6) is -0.344. The number of anilines is 1. The second-order valence-corrected chi connectivity index (χ2v) is 7.94. The van der Waals surface area contributed by atoms with E-state index in [1.54, 1.807) is 18.3 Å². The molecule has 2 bridgehead atoms. The van der Waals surface area contributed by atoms with E-state index in [9.17, 15) is 9.50 Å². The van der Waals surface area contributed by atoms with Gasteiger partial charge in [-0.3, -0.25) is 0 Å². The van der Waals surface area contributed by atoms with Crippen LogP contribution in [0.2, 0.25) is 0 Å². The Kier molecular flexibility index (Phi) is 4.80. The summed E-state index contributed by atoms with van der Waals surface area (Å²) in [7, 11) is 0. The van der Waals surface area contributed by atoms with E-state index >= 15 is 0 Å². The first kappa shape index (κ1) is 18.9. The van der Waals surface area contributed by atoms with Crippen molar-refractivity contribution in [2.75, 3.05) is 18.9 Å². The van der Waals surface area contributed by atoms with Crippen LogP contribution in [-0.2, 0) is 4.74 Å². The SMILES string of the molecule is Nc1cc(C2CC3COCC(C2)N3)cc(-c2cnnc(-c3cccc(F)c3O)c2)n1. The van der Waals surface area contributed by atoms with Gasteiger partial charge in [0, 0.05) is 23.2 Å². The molecule has 2 unspecified atom stereocenters. The summed E-state index contributed by atoms with van der Waals surface area (Å²) in [6.07, 6.45) is 3.56. The number of piperidine rings is 1. The van der Waals surface area contributed by atoms with Crippen LogP contribution in [0.15, 0.2) is 42.6 Å². The van der Waals surface area contributed by atoms with Gasteiger partial charge in [-0.05, 0) is 54.7 Å². The van der Waals surface area contributed by atoms with Crippen molar-refractivity contribution in [1.29, 1.82) is 0 Å². The molecule has 0 aliphatic carbocycles. The van der Waals surface area contributed by atoms with Crippen molar-refractivity contribution in [3.8, 4) is 28.3 Å². The highest BCUT2D eigenvalue weighted by atomic mass is 19.1. The molecule has 4 heterocycles. The number of nitrogens with zero attached hydrogens (tertiary/aromatic N) is 3. The lowest BCUT2D eigenvalue weighted by Crippen LogP contribution is -2.53. The smallest absolute Gasteiger partial charge is 0.165 e. The average Bonchev–Trinajstić information content (AvgIpc) is 2.75. The molecule has 1 aromatic carbocycles. The zero-order valence-electron chi connectivity index (χ0n) is 16.3. The molecular formula is C22H22FN5O2. The third kappa shape index (κ3) is 3.59. The number of hydrogen-bond donors (Lipinski definition) is 3. The fourth-order valence-corrected chi connectivity index (χ4v) is 4.43. The largest absolute Gasteiger partial charge is 0.504 e. The third-order valence-corrected chi connectivity index (χ3v) is 5.80. The van der Waals surface area contributed by atoms with Crippen LogP contribution in [-0.4, -0.2) is 45.6 Å². The molecule has 0 amide bonds. The molecule has 0 spiro atoms. The third-order valence-electron chi connectivity index (χ3n) is 5.80. The minimum atomic E-state index is -0.704. The predicted octanol–water partition coefficient (Wildman–Crippen LogP) is 2.87. The minimum Gasteiger partial charge on any atom is -0.504 e. The van der Waals surface area contributed by atoms with Gasteiger partial charge in [-0.15, -0.1) is 0 Å². The molecule has 2 aliphatic rings. The number of aromatic nitrogens is 3. The number of nitrogens with two attached hydrogens (primary N) is 1. The molecule has 8 heteroatoms. The fraction of sp³-hybridized carbons (Fsp3) is 0.318. The molecule has 0 radical (unpaired) electrons. The Bertz CT molecular complexity index is 1080. The molecule has 2 aromatic heterocycles. The number of halogens is 1. The van der Waals surface area contributed by atoms with E-state index in [1.165, 1.54) is 12.1 Å². The summed E-state index contributed by atoms with van der Waals surface area (Å²) in [5, 5.41) is 21.7. The van der Waals surface area contributed by atoms with Crippen LogP contribution in [0, 0.1) is 5.82 Å². The van der Waals surface area contributed by atoms with Gasteiger partial charge in [-0.1, -0.05) is 6.07 Å². The highest BCUT2D eigenvalue weighted by Crippen LogP contribution is 2.36. The lowest BCUT2D eigenvalue weighted by Gasteiger charge is -2.40. The summed E-state index contributed by atoms with van der Waals surface area (Å²) in [5.41, 5.74) is 9.30.